The summed E-state index contributed by atoms with van der Waals surface area (Å²) in [7, 11) is 1.73. The molecule has 8 heteroatoms. The molecule has 0 spiro atoms. The van der Waals surface area contributed by atoms with E-state index in [0.29, 0.717) is 25.7 Å². The van der Waals surface area contributed by atoms with Gasteiger partial charge in [-0.1, -0.05) is 23.8 Å². The summed E-state index contributed by atoms with van der Waals surface area (Å²) >= 11 is 0. The highest BCUT2D eigenvalue weighted by atomic mass is 127. The van der Waals surface area contributed by atoms with E-state index >= 15 is 0 Å². The maximum absolute atomic E-state index is 12.7. The highest BCUT2D eigenvalue weighted by Crippen LogP contribution is 2.52. The molecule has 2 aliphatic heterocycles. The molecule has 4 unspecified atom stereocenters. The van der Waals surface area contributed by atoms with Gasteiger partial charge in [-0.25, -0.2) is 0 Å². The number of fused-ring (bicyclic) bond motifs is 5. The molecule has 2 amide bonds. The Labute approximate surface area is 183 Å². The average molecular weight is 500 g/mol. The third-order valence-electron chi connectivity index (χ3n) is 6.21. The third kappa shape index (κ3) is 4.12. The lowest BCUT2D eigenvalue weighted by atomic mass is 9.85. The minimum Gasteiger partial charge on any atom is -0.377 e. The van der Waals surface area contributed by atoms with E-state index in [-0.39, 0.29) is 59.5 Å². The summed E-state index contributed by atoms with van der Waals surface area (Å²) < 4.78 is 5.32. The number of hydrogen-bond acceptors (Lipinski definition) is 4. The molecular formula is C20H29IN4O3. The Morgan fingerprint density at radius 2 is 1.86 bits per heavy atom. The van der Waals surface area contributed by atoms with Crippen molar-refractivity contribution in [2.24, 2.45) is 28.7 Å². The Hall–Kier alpha value is -1.42. The Morgan fingerprint density at radius 1 is 1.18 bits per heavy atom. The summed E-state index contributed by atoms with van der Waals surface area (Å²) in [6.45, 7) is 3.21. The van der Waals surface area contributed by atoms with E-state index in [1.165, 1.54) is 10.5 Å². The Balaban J connectivity index is 0.00000225. The Bertz CT molecular complexity index is 676. The molecule has 2 fully saturated rings. The number of rotatable bonds is 6. The second-order valence-corrected chi connectivity index (χ2v) is 7.69. The highest BCUT2D eigenvalue weighted by Gasteiger charge is 2.58. The molecule has 1 saturated heterocycles. The topological polar surface area (TPSA) is 83.0 Å². The number of carbonyl (C=O) groups excluding carboxylic acids is 2. The molecule has 2 aliphatic carbocycles. The Kier molecular flexibility index (Phi) is 7.14. The number of halogens is 1. The third-order valence-corrected chi connectivity index (χ3v) is 6.21. The van der Waals surface area contributed by atoms with Crippen LogP contribution in [0.15, 0.2) is 28.8 Å². The van der Waals surface area contributed by atoms with E-state index in [0.717, 1.165) is 32.4 Å². The first-order valence-corrected chi connectivity index (χ1v) is 9.92. The summed E-state index contributed by atoms with van der Waals surface area (Å²) in [4.78, 5) is 31.0. The number of aliphatic imine (C=N–C) groups is 1. The van der Waals surface area contributed by atoms with Crippen molar-refractivity contribution in [1.82, 2.24) is 15.5 Å². The first-order chi connectivity index (χ1) is 13.2. The van der Waals surface area contributed by atoms with Gasteiger partial charge in [-0.3, -0.25) is 19.5 Å². The predicted molar refractivity (Wildman–Crippen MR) is 117 cm³/mol. The number of imide groups is 1. The zero-order chi connectivity index (χ0) is 18.8. The van der Waals surface area contributed by atoms with Crippen LogP contribution in [0.25, 0.3) is 0 Å². The molecule has 7 nitrogen and oxygen atoms in total. The molecule has 4 rings (SSSR count). The molecule has 4 atom stereocenters. The van der Waals surface area contributed by atoms with Crippen molar-refractivity contribution in [3.8, 4) is 0 Å². The van der Waals surface area contributed by atoms with Gasteiger partial charge in [-0.05, 0) is 31.1 Å². The van der Waals surface area contributed by atoms with Crippen molar-refractivity contribution in [2.75, 3.05) is 39.9 Å². The predicted octanol–water partition coefficient (Wildman–Crippen LogP) is 1.31. The largest absolute Gasteiger partial charge is 0.377 e. The van der Waals surface area contributed by atoms with Crippen LogP contribution in [-0.2, 0) is 14.3 Å². The van der Waals surface area contributed by atoms with Gasteiger partial charge in [0.15, 0.2) is 5.96 Å². The minimum atomic E-state index is -0.113. The molecule has 0 aromatic rings. The molecular weight excluding hydrogens is 471 g/mol. The second kappa shape index (κ2) is 9.39. The molecule has 2 bridgehead atoms. The lowest BCUT2D eigenvalue weighted by Gasteiger charge is -2.19. The fourth-order valence-electron chi connectivity index (χ4n) is 4.83. The molecule has 0 radical (unpaired) electrons. The van der Waals surface area contributed by atoms with Crippen LogP contribution in [0.3, 0.4) is 0 Å². The van der Waals surface area contributed by atoms with Gasteiger partial charge >= 0.3 is 0 Å². The SMILES string of the molecule is CN=C(NCCC1=CCOCC1)NCCN1C(=O)C2C3C=CC(C3)C2C1=O.I. The molecule has 0 aromatic heterocycles. The fourth-order valence-corrected chi connectivity index (χ4v) is 4.83. The van der Waals surface area contributed by atoms with Crippen LogP contribution in [-0.4, -0.2) is 62.6 Å². The van der Waals surface area contributed by atoms with Crippen molar-refractivity contribution in [3.63, 3.8) is 0 Å². The molecule has 1 saturated carbocycles. The summed E-state index contributed by atoms with van der Waals surface area (Å²) in [5.74, 6) is 1.03. The zero-order valence-corrected chi connectivity index (χ0v) is 18.6. The number of carbonyl (C=O) groups is 2. The quantitative estimate of drug-likeness (QED) is 0.189. The number of hydrogen-bond donors (Lipinski definition) is 2. The van der Waals surface area contributed by atoms with E-state index in [9.17, 15) is 9.59 Å². The Morgan fingerprint density at radius 3 is 2.46 bits per heavy atom. The lowest BCUT2D eigenvalue weighted by Crippen LogP contribution is -2.44. The van der Waals surface area contributed by atoms with Gasteiger partial charge in [-0.2, -0.15) is 0 Å². The monoisotopic (exact) mass is 500 g/mol. The molecule has 2 N–H and O–H groups in total. The van der Waals surface area contributed by atoms with Gasteiger partial charge in [0.05, 0.1) is 25.0 Å². The fraction of sp³-hybridized carbons (Fsp3) is 0.650. The lowest BCUT2D eigenvalue weighted by molar-refractivity contribution is -0.140. The smallest absolute Gasteiger partial charge is 0.233 e. The van der Waals surface area contributed by atoms with Crippen molar-refractivity contribution in [2.45, 2.75) is 19.3 Å². The molecule has 0 aromatic carbocycles. The molecule has 2 heterocycles. The molecule has 154 valence electrons. The number of allylic oxidation sites excluding steroid dienone is 2. The van der Waals surface area contributed by atoms with Crippen molar-refractivity contribution >= 4 is 41.8 Å². The number of nitrogens with one attached hydrogen (secondary N) is 2. The standard InChI is InChI=1S/C20H28N4O3.HI/c1-21-20(22-7-4-13-5-10-27-11-6-13)23-8-9-24-18(25)16-14-2-3-15(12-14)17(16)19(24)26;/h2-3,5,14-17H,4,6-12H2,1H3,(H2,21,22,23);1H. The van der Waals surface area contributed by atoms with E-state index in [2.05, 4.69) is 33.9 Å². The van der Waals surface area contributed by atoms with Crippen LogP contribution in [0.1, 0.15) is 19.3 Å². The van der Waals surface area contributed by atoms with Crippen molar-refractivity contribution in [1.29, 1.82) is 0 Å². The summed E-state index contributed by atoms with van der Waals surface area (Å²) in [5.41, 5.74) is 1.41. The van der Waals surface area contributed by atoms with Gasteiger partial charge in [0.1, 0.15) is 0 Å². The summed E-state index contributed by atoms with van der Waals surface area (Å²) in [6.07, 6.45) is 9.32. The van der Waals surface area contributed by atoms with Crippen LogP contribution in [0.4, 0.5) is 0 Å². The maximum Gasteiger partial charge on any atom is 0.233 e. The maximum atomic E-state index is 12.7. The van der Waals surface area contributed by atoms with Crippen LogP contribution in [0.5, 0.6) is 0 Å². The van der Waals surface area contributed by atoms with E-state index < -0.39 is 0 Å². The van der Waals surface area contributed by atoms with Crippen LogP contribution in [0.2, 0.25) is 0 Å². The van der Waals surface area contributed by atoms with Crippen molar-refractivity contribution in [3.05, 3.63) is 23.8 Å². The zero-order valence-electron chi connectivity index (χ0n) is 16.2. The van der Waals surface area contributed by atoms with Gasteiger partial charge in [0, 0.05) is 26.7 Å². The summed E-state index contributed by atoms with van der Waals surface area (Å²) in [5, 5.41) is 6.50. The van der Waals surface area contributed by atoms with Gasteiger partial charge < -0.3 is 15.4 Å². The van der Waals surface area contributed by atoms with Crippen LogP contribution in [0, 0.1) is 23.7 Å². The second-order valence-electron chi connectivity index (χ2n) is 7.69. The number of nitrogens with zero attached hydrogens (tertiary/aromatic N) is 2. The average Bonchev–Trinajstić information content (AvgIpc) is 3.37. The number of likely N-dealkylation sites (tertiary alicyclic amines) is 1. The summed E-state index contributed by atoms with van der Waals surface area (Å²) in [6, 6.07) is 0. The molecule has 28 heavy (non-hydrogen) atoms. The normalized spacial score (nSPS) is 31.0. The molecule has 4 aliphatic rings. The first kappa shape index (κ1) is 21.3. The van der Waals surface area contributed by atoms with Crippen molar-refractivity contribution < 1.29 is 14.3 Å². The van der Waals surface area contributed by atoms with Gasteiger partial charge in [-0.15, -0.1) is 24.0 Å². The van der Waals surface area contributed by atoms with Gasteiger partial charge in [0.25, 0.3) is 0 Å². The van der Waals surface area contributed by atoms with Crippen LogP contribution >= 0.6 is 24.0 Å². The minimum absolute atomic E-state index is 0. The number of guanidine groups is 1. The van der Waals surface area contributed by atoms with Gasteiger partial charge in [0.2, 0.25) is 11.8 Å². The number of amides is 2. The van der Waals surface area contributed by atoms with Crippen LogP contribution < -0.4 is 10.6 Å². The highest BCUT2D eigenvalue weighted by molar-refractivity contribution is 14.0. The van der Waals surface area contributed by atoms with E-state index in [1.807, 2.05) is 0 Å². The van der Waals surface area contributed by atoms with E-state index in [1.54, 1.807) is 7.05 Å². The number of ether oxygens (including phenoxy) is 1. The first-order valence-electron chi connectivity index (χ1n) is 9.92. The van der Waals surface area contributed by atoms with E-state index in [4.69, 9.17) is 4.74 Å².